The van der Waals surface area contributed by atoms with E-state index in [2.05, 4.69) is 0 Å². The molecule has 2 saturated carbocycles. The predicted octanol–water partition coefficient (Wildman–Crippen LogP) is 2.32. The quantitative estimate of drug-likeness (QED) is 0.524. The largest absolute Gasteiger partial charge is 0.295 e. The van der Waals surface area contributed by atoms with E-state index in [0.717, 1.165) is 11.8 Å². The minimum Gasteiger partial charge on any atom is -0.295 e. The third-order valence-corrected chi connectivity index (χ3v) is 2.88. The molecular weight excluding hydrogens is 136 g/mol. The second kappa shape index (κ2) is 2.47. The van der Waals surface area contributed by atoms with Gasteiger partial charge in [0, 0.05) is 0 Å². The van der Waals surface area contributed by atoms with Crippen molar-refractivity contribution in [2.45, 2.75) is 32.6 Å². The number of fused-ring (bicyclic) bond motifs is 1. The summed E-state index contributed by atoms with van der Waals surface area (Å²) < 4.78 is 0. The number of allylic oxidation sites excluding steroid dienone is 2. The standard InChI is InChI=1S/C10H14O/c1-7(11)6-10-8-4-2-3-5-9(8)10/h6,8-9H,2-5H2,1H3. The van der Waals surface area contributed by atoms with E-state index >= 15 is 0 Å². The minimum absolute atomic E-state index is 0.231. The molecule has 0 N–H and O–H groups in total. The van der Waals surface area contributed by atoms with Crippen molar-refractivity contribution in [3.63, 3.8) is 0 Å². The van der Waals surface area contributed by atoms with E-state index in [1.165, 1.54) is 31.3 Å². The molecule has 2 aliphatic rings. The molecular formula is C10H14O. The number of hydrogen-bond donors (Lipinski definition) is 0. The van der Waals surface area contributed by atoms with Crippen molar-refractivity contribution in [3.05, 3.63) is 11.6 Å². The first kappa shape index (κ1) is 7.08. The highest BCUT2D eigenvalue weighted by molar-refractivity contribution is 5.88. The van der Waals surface area contributed by atoms with Crippen LogP contribution in [-0.4, -0.2) is 5.78 Å². The van der Waals surface area contributed by atoms with Crippen LogP contribution in [0.2, 0.25) is 0 Å². The van der Waals surface area contributed by atoms with Gasteiger partial charge < -0.3 is 0 Å². The molecule has 2 aliphatic carbocycles. The first-order chi connectivity index (χ1) is 5.29. The molecule has 11 heavy (non-hydrogen) atoms. The number of ketones is 1. The van der Waals surface area contributed by atoms with Gasteiger partial charge in [0.15, 0.2) is 5.78 Å². The molecule has 0 spiro atoms. The molecule has 1 nitrogen and oxygen atoms in total. The third kappa shape index (κ3) is 1.24. The molecule has 0 heterocycles. The number of carbonyl (C=O) groups is 1. The molecule has 2 atom stereocenters. The van der Waals surface area contributed by atoms with Crippen LogP contribution in [0, 0.1) is 11.8 Å². The van der Waals surface area contributed by atoms with Crippen molar-refractivity contribution in [1.82, 2.24) is 0 Å². The third-order valence-electron chi connectivity index (χ3n) is 2.88. The topological polar surface area (TPSA) is 17.1 Å². The molecule has 0 amide bonds. The number of hydrogen-bond acceptors (Lipinski definition) is 1. The Hall–Kier alpha value is -0.590. The van der Waals surface area contributed by atoms with Crippen molar-refractivity contribution in [3.8, 4) is 0 Å². The first-order valence-electron chi connectivity index (χ1n) is 4.51. The summed E-state index contributed by atoms with van der Waals surface area (Å²) in [5.74, 6) is 1.86. The van der Waals surface area contributed by atoms with Gasteiger partial charge in [-0.1, -0.05) is 18.4 Å². The zero-order valence-electron chi connectivity index (χ0n) is 6.97. The van der Waals surface area contributed by atoms with Gasteiger partial charge in [0.1, 0.15) is 0 Å². The fourth-order valence-corrected chi connectivity index (χ4v) is 2.32. The molecule has 0 aromatic rings. The smallest absolute Gasteiger partial charge is 0.152 e. The Kier molecular flexibility index (Phi) is 1.59. The van der Waals surface area contributed by atoms with Crippen molar-refractivity contribution in [2.24, 2.45) is 11.8 Å². The Balaban J connectivity index is 2.05. The van der Waals surface area contributed by atoms with E-state index in [4.69, 9.17) is 0 Å². The number of carbonyl (C=O) groups excluding carboxylic acids is 1. The molecule has 1 heteroatoms. The average Bonchev–Trinajstić information content (AvgIpc) is 2.64. The molecule has 2 fully saturated rings. The van der Waals surface area contributed by atoms with E-state index in [1.54, 1.807) is 6.92 Å². The van der Waals surface area contributed by atoms with Crippen LogP contribution in [0.4, 0.5) is 0 Å². The molecule has 0 aromatic carbocycles. The van der Waals surface area contributed by atoms with Gasteiger partial charge in [-0.25, -0.2) is 0 Å². The molecule has 0 saturated heterocycles. The highest BCUT2D eigenvalue weighted by atomic mass is 16.1. The summed E-state index contributed by atoms with van der Waals surface area (Å²) in [6.07, 6.45) is 7.28. The lowest BCUT2D eigenvalue weighted by Crippen LogP contribution is -1.91. The normalized spacial score (nSPS) is 34.5. The summed E-state index contributed by atoms with van der Waals surface area (Å²) in [5.41, 5.74) is 1.45. The summed E-state index contributed by atoms with van der Waals surface area (Å²) in [6.45, 7) is 1.65. The SMILES string of the molecule is CC(=O)C=C1C2CCCCC12. The maximum absolute atomic E-state index is 10.8. The lowest BCUT2D eigenvalue weighted by atomic mass is 10.0. The zero-order valence-corrected chi connectivity index (χ0v) is 6.97. The average molecular weight is 150 g/mol. The maximum Gasteiger partial charge on any atom is 0.152 e. The zero-order chi connectivity index (χ0) is 7.84. The van der Waals surface area contributed by atoms with Crippen molar-refractivity contribution in [2.75, 3.05) is 0 Å². The van der Waals surface area contributed by atoms with E-state index < -0.39 is 0 Å². The van der Waals surface area contributed by atoms with Gasteiger partial charge in [-0.05, 0) is 37.7 Å². The van der Waals surface area contributed by atoms with Crippen LogP contribution in [0.1, 0.15) is 32.6 Å². The molecule has 0 radical (unpaired) electrons. The molecule has 0 aliphatic heterocycles. The van der Waals surface area contributed by atoms with Crippen molar-refractivity contribution < 1.29 is 4.79 Å². The van der Waals surface area contributed by atoms with Gasteiger partial charge in [0.25, 0.3) is 0 Å². The highest BCUT2D eigenvalue weighted by Crippen LogP contribution is 2.54. The monoisotopic (exact) mass is 150 g/mol. The lowest BCUT2D eigenvalue weighted by Gasteiger charge is -2.04. The summed E-state index contributed by atoms with van der Waals surface area (Å²) in [5, 5.41) is 0. The Morgan fingerprint density at radius 3 is 2.36 bits per heavy atom. The van der Waals surface area contributed by atoms with Crippen LogP contribution in [0.15, 0.2) is 11.6 Å². The number of rotatable bonds is 1. The Morgan fingerprint density at radius 1 is 1.36 bits per heavy atom. The second-order valence-corrected chi connectivity index (χ2v) is 3.75. The van der Waals surface area contributed by atoms with Crippen molar-refractivity contribution in [1.29, 1.82) is 0 Å². The van der Waals surface area contributed by atoms with Gasteiger partial charge in [-0.3, -0.25) is 4.79 Å². The highest BCUT2D eigenvalue weighted by Gasteiger charge is 2.44. The predicted molar refractivity (Wildman–Crippen MR) is 44.2 cm³/mol. The maximum atomic E-state index is 10.8. The van der Waals surface area contributed by atoms with E-state index in [-0.39, 0.29) is 5.78 Å². The minimum atomic E-state index is 0.231. The van der Waals surface area contributed by atoms with Crippen LogP contribution in [0.5, 0.6) is 0 Å². The Morgan fingerprint density at radius 2 is 1.91 bits per heavy atom. The first-order valence-corrected chi connectivity index (χ1v) is 4.51. The van der Waals surface area contributed by atoms with Crippen LogP contribution < -0.4 is 0 Å². The molecule has 0 aromatic heterocycles. The molecule has 2 unspecified atom stereocenters. The van der Waals surface area contributed by atoms with E-state index in [1.807, 2.05) is 6.08 Å². The molecule has 60 valence electrons. The molecule has 2 rings (SSSR count). The van der Waals surface area contributed by atoms with E-state index in [9.17, 15) is 4.79 Å². The molecule has 0 bridgehead atoms. The van der Waals surface area contributed by atoms with Gasteiger partial charge in [-0.2, -0.15) is 0 Å². The summed E-state index contributed by atoms with van der Waals surface area (Å²) >= 11 is 0. The van der Waals surface area contributed by atoms with Crippen LogP contribution in [-0.2, 0) is 4.79 Å². The Labute approximate surface area is 67.5 Å². The Bertz CT molecular complexity index is 201. The van der Waals surface area contributed by atoms with Gasteiger partial charge in [0.05, 0.1) is 0 Å². The fourth-order valence-electron chi connectivity index (χ4n) is 2.32. The van der Waals surface area contributed by atoms with Crippen LogP contribution in [0.3, 0.4) is 0 Å². The summed E-state index contributed by atoms with van der Waals surface area (Å²) in [6, 6.07) is 0. The summed E-state index contributed by atoms with van der Waals surface area (Å²) in [4.78, 5) is 10.8. The van der Waals surface area contributed by atoms with Gasteiger partial charge in [0.2, 0.25) is 0 Å². The van der Waals surface area contributed by atoms with Crippen LogP contribution >= 0.6 is 0 Å². The van der Waals surface area contributed by atoms with E-state index in [0.29, 0.717) is 0 Å². The lowest BCUT2D eigenvalue weighted by molar-refractivity contribution is -0.112. The fraction of sp³-hybridized carbons (Fsp3) is 0.700. The van der Waals surface area contributed by atoms with Crippen molar-refractivity contribution >= 4 is 5.78 Å². The van der Waals surface area contributed by atoms with Crippen LogP contribution in [0.25, 0.3) is 0 Å². The second-order valence-electron chi connectivity index (χ2n) is 3.75. The van der Waals surface area contributed by atoms with Gasteiger partial charge in [-0.15, -0.1) is 0 Å². The summed E-state index contributed by atoms with van der Waals surface area (Å²) in [7, 11) is 0. The van der Waals surface area contributed by atoms with Gasteiger partial charge >= 0.3 is 0 Å².